The van der Waals surface area contributed by atoms with Gasteiger partial charge in [0.2, 0.25) is 0 Å². The van der Waals surface area contributed by atoms with Crippen molar-refractivity contribution in [2.75, 3.05) is 19.5 Å². The molecule has 0 spiro atoms. The van der Waals surface area contributed by atoms with Crippen molar-refractivity contribution in [3.8, 4) is 22.8 Å². The van der Waals surface area contributed by atoms with Gasteiger partial charge in [-0.25, -0.2) is 4.79 Å². The number of aryl methyl sites for hydroxylation is 1. The summed E-state index contributed by atoms with van der Waals surface area (Å²) in [6, 6.07) is 13.1. The second kappa shape index (κ2) is 7.36. The molecule has 0 aliphatic carbocycles. The van der Waals surface area contributed by atoms with Gasteiger partial charge in [-0.3, -0.25) is 4.57 Å². The van der Waals surface area contributed by atoms with Gasteiger partial charge in [-0.2, -0.15) is 4.98 Å². The summed E-state index contributed by atoms with van der Waals surface area (Å²) in [5.74, 6) is 1.71. The van der Waals surface area contributed by atoms with Crippen LogP contribution in [0.15, 0.2) is 47.3 Å². The van der Waals surface area contributed by atoms with E-state index >= 15 is 0 Å². The van der Waals surface area contributed by atoms with Gasteiger partial charge in [-0.05, 0) is 30.2 Å². The molecule has 3 aromatic rings. The maximum absolute atomic E-state index is 12.6. The van der Waals surface area contributed by atoms with Gasteiger partial charge in [0.25, 0.3) is 0 Å². The predicted octanol–water partition coefficient (Wildman–Crippen LogP) is 2.72. The third kappa shape index (κ3) is 3.10. The van der Waals surface area contributed by atoms with Gasteiger partial charge in [0, 0.05) is 29.4 Å². The molecule has 2 aromatic carbocycles. The molecule has 28 heavy (non-hydrogen) atoms. The number of para-hydroxylation sites is 1. The number of aromatic nitrogens is 2. The monoisotopic (exact) mass is 379 g/mol. The van der Waals surface area contributed by atoms with Crippen LogP contribution in [0, 0.1) is 0 Å². The summed E-state index contributed by atoms with van der Waals surface area (Å²) < 4.78 is 12.5. The van der Waals surface area contributed by atoms with Gasteiger partial charge >= 0.3 is 5.69 Å². The molecule has 0 saturated carbocycles. The number of hydrogen-bond acceptors (Lipinski definition) is 6. The van der Waals surface area contributed by atoms with Crippen molar-refractivity contribution in [2.45, 2.75) is 19.6 Å². The van der Waals surface area contributed by atoms with Crippen LogP contribution in [-0.2, 0) is 19.6 Å². The normalized spacial score (nSPS) is 12.1. The zero-order valence-electron chi connectivity index (χ0n) is 15.7. The van der Waals surface area contributed by atoms with E-state index in [2.05, 4.69) is 10.3 Å². The van der Waals surface area contributed by atoms with Crippen molar-refractivity contribution in [2.24, 2.45) is 0 Å². The first kappa shape index (κ1) is 18.1. The summed E-state index contributed by atoms with van der Waals surface area (Å²) in [6.45, 7) is 0.448. The molecule has 7 heteroatoms. The lowest BCUT2D eigenvalue weighted by atomic mass is 9.97. The quantitative estimate of drug-likeness (QED) is 0.709. The fraction of sp³-hybridized carbons (Fsp3) is 0.238. The number of rotatable bonds is 5. The smallest absolute Gasteiger partial charge is 0.350 e. The predicted molar refractivity (Wildman–Crippen MR) is 106 cm³/mol. The summed E-state index contributed by atoms with van der Waals surface area (Å²) in [6.07, 6.45) is 0.713. The highest BCUT2D eigenvalue weighted by molar-refractivity contribution is 5.73. The lowest BCUT2D eigenvalue weighted by Crippen LogP contribution is -2.28. The fourth-order valence-electron chi connectivity index (χ4n) is 3.53. The van der Waals surface area contributed by atoms with E-state index in [9.17, 15) is 9.90 Å². The first-order chi connectivity index (χ1) is 13.6. The molecule has 2 N–H and O–H groups in total. The zero-order valence-corrected chi connectivity index (χ0v) is 15.7. The van der Waals surface area contributed by atoms with Crippen LogP contribution >= 0.6 is 0 Å². The minimum Gasteiger partial charge on any atom is -0.493 e. The molecule has 2 heterocycles. The van der Waals surface area contributed by atoms with Crippen LogP contribution in [0.1, 0.15) is 11.1 Å². The molecule has 0 fully saturated rings. The lowest BCUT2D eigenvalue weighted by molar-refractivity contribution is 0.282. The number of nitrogens with one attached hydrogen (secondary N) is 1. The second-order valence-corrected chi connectivity index (χ2v) is 6.52. The van der Waals surface area contributed by atoms with E-state index in [4.69, 9.17) is 9.47 Å². The lowest BCUT2D eigenvalue weighted by Gasteiger charge is -2.23. The van der Waals surface area contributed by atoms with E-state index in [1.807, 2.05) is 42.5 Å². The third-order valence-electron chi connectivity index (χ3n) is 4.95. The van der Waals surface area contributed by atoms with Crippen molar-refractivity contribution in [3.05, 3.63) is 64.1 Å². The number of ether oxygens (including phenoxy) is 2. The highest BCUT2D eigenvalue weighted by Crippen LogP contribution is 2.38. The molecule has 0 amide bonds. The van der Waals surface area contributed by atoms with E-state index in [1.54, 1.807) is 18.8 Å². The first-order valence-electron chi connectivity index (χ1n) is 8.97. The standard InChI is InChI=1S/C21H21N3O4/c1-27-18-9-13-7-8-24-17(15(13)10-19(18)28-2)11-20(23-21(24)26)22-16-6-4-3-5-14(16)12-25/h3-6,9-11,25H,7-8,12H2,1-2H3,(H,22,23,26). The highest BCUT2D eigenvalue weighted by atomic mass is 16.5. The summed E-state index contributed by atoms with van der Waals surface area (Å²) >= 11 is 0. The molecular weight excluding hydrogens is 358 g/mol. The van der Waals surface area contributed by atoms with Crippen molar-refractivity contribution >= 4 is 11.5 Å². The average molecular weight is 379 g/mol. The molecule has 4 rings (SSSR count). The number of methoxy groups -OCH3 is 2. The van der Waals surface area contributed by atoms with Crippen LogP contribution in [0.2, 0.25) is 0 Å². The average Bonchev–Trinajstić information content (AvgIpc) is 2.73. The number of anilines is 2. The van der Waals surface area contributed by atoms with Gasteiger partial charge in [-0.15, -0.1) is 0 Å². The van der Waals surface area contributed by atoms with Gasteiger partial charge in [0.05, 0.1) is 26.5 Å². The molecule has 0 saturated heterocycles. The van der Waals surface area contributed by atoms with Crippen molar-refractivity contribution in [1.82, 2.24) is 9.55 Å². The highest BCUT2D eigenvalue weighted by Gasteiger charge is 2.21. The Labute approximate surface area is 162 Å². The Morgan fingerprint density at radius 1 is 1.14 bits per heavy atom. The van der Waals surface area contributed by atoms with E-state index in [0.717, 1.165) is 22.4 Å². The van der Waals surface area contributed by atoms with Crippen LogP contribution in [0.3, 0.4) is 0 Å². The zero-order chi connectivity index (χ0) is 19.7. The summed E-state index contributed by atoms with van der Waals surface area (Å²) in [5, 5.41) is 12.7. The van der Waals surface area contributed by atoms with Crippen LogP contribution < -0.4 is 20.5 Å². The molecular formula is C21H21N3O4. The number of nitrogens with zero attached hydrogens (tertiary/aromatic N) is 2. The molecule has 1 aromatic heterocycles. The summed E-state index contributed by atoms with van der Waals surface area (Å²) in [4.78, 5) is 16.8. The van der Waals surface area contributed by atoms with E-state index < -0.39 is 0 Å². The minimum atomic E-state index is -0.318. The topological polar surface area (TPSA) is 85.6 Å². The Morgan fingerprint density at radius 3 is 2.64 bits per heavy atom. The molecule has 144 valence electrons. The largest absolute Gasteiger partial charge is 0.493 e. The number of hydrogen-bond donors (Lipinski definition) is 2. The molecule has 1 aliphatic rings. The first-order valence-corrected chi connectivity index (χ1v) is 8.97. The second-order valence-electron chi connectivity index (χ2n) is 6.52. The molecule has 0 bridgehead atoms. The van der Waals surface area contributed by atoms with E-state index in [-0.39, 0.29) is 12.3 Å². The Balaban J connectivity index is 1.82. The van der Waals surface area contributed by atoms with Crippen molar-refractivity contribution in [3.63, 3.8) is 0 Å². The number of aliphatic hydroxyl groups is 1. The maximum Gasteiger partial charge on any atom is 0.350 e. The third-order valence-corrected chi connectivity index (χ3v) is 4.95. The number of fused-ring (bicyclic) bond motifs is 3. The van der Waals surface area contributed by atoms with Gasteiger partial charge in [0.1, 0.15) is 5.82 Å². The molecule has 0 atom stereocenters. The number of benzene rings is 2. The van der Waals surface area contributed by atoms with Crippen molar-refractivity contribution in [1.29, 1.82) is 0 Å². The minimum absolute atomic E-state index is 0.104. The Kier molecular flexibility index (Phi) is 4.75. The van der Waals surface area contributed by atoms with Gasteiger partial charge in [-0.1, -0.05) is 18.2 Å². The van der Waals surface area contributed by atoms with Crippen LogP contribution in [0.25, 0.3) is 11.3 Å². The maximum atomic E-state index is 12.6. The van der Waals surface area contributed by atoms with Crippen molar-refractivity contribution < 1.29 is 14.6 Å². The van der Waals surface area contributed by atoms with Crippen LogP contribution in [0.4, 0.5) is 11.5 Å². The van der Waals surface area contributed by atoms with Crippen LogP contribution in [-0.4, -0.2) is 28.9 Å². The molecule has 1 aliphatic heterocycles. The summed E-state index contributed by atoms with van der Waals surface area (Å²) in [7, 11) is 3.20. The molecule has 0 unspecified atom stereocenters. The van der Waals surface area contributed by atoms with E-state index in [0.29, 0.717) is 36.0 Å². The summed E-state index contributed by atoms with van der Waals surface area (Å²) in [5.41, 5.74) is 3.90. The van der Waals surface area contributed by atoms with Gasteiger partial charge < -0.3 is 19.9 Å². The molecule has 0 radical (unpaired) electrons. The SMILES string of the molecule is COc1cc2c(cc1OC)-c1cc(Nc3ccccc3CO)nc(=O)n1CC2. The van der Waals surface area contributed by atoms with Crippen LogP contribution in [0.5, 0.6) is 11.5 Å². The fourth-order valence-corrected chi connectivity index (χ4v) is 3.53. The number of aliphatic hydroxyl groups excluding tert-OH is 1. The Bertz CT molecular complexity index is 1090. The molecule has 7 nitrogen and oxygen atoms in total. The Hall–Kier alpha value is -3.32. The van der Waals surface area contributed by atoms with Gasteiger partial charge in [0.15, 0.2) is 11.5 Å². The Morgan fingerprint density at radius 2 is 1.89 bits per heavy atom. The van der Waals surface area contributed by atoms with E-state index in [1.165, 1.54) is 0 Å².